The molecule has 0 aromatic heterocycles. The van der Waals surface area contributed by atoms with Crippen LogP contribution in [0.15, 0.2) is 24.3 Å². The van der Waals surface area contributed by atoms with E-state index in [1.165, 1.54) is 44.2 Å². The van der Waals surface area contributed by atoms with Crippen molar-refractivity contribution < 1.29 is 0 Å². The highest BCUT2D eigenvalue weighted by atomic mass is 15.1. The first-order valence-electron chi connectivity index (χ1n) is 6.83. The highest BCUT2D eigenvalue weighted by molar-refractivity contribution is 5.66. The molecule has 0 saturated heterocycles. The van der Waals surface area contributed by atoms with Gasteiger partial charge in [-0.2, -0.15) is 0 Å². The van der Waals surface area contributed by atoms with Gasteiger partial charge in [0.1, 0.15) is 0 Å². The highest BCUT2D eigenvalue weighted by Gasteiger charge is 2.14. The van der Waals surface area contributed by atoms with Crippen LogP contribution < -0.4 is 10.6 Å². The number of nitrogen functional groups attached to an aromatic ring is 1. The van der Waals surface area contributed by atoms with Gasteiger partial charge >= 0.3 is 0 Å². The quantitative estimate of drug-likeness (QED) is 0.802. The number of para-hydroxylation sites is 2. The van der Waals surface area contributed by atoms with Gasteiger partial charge in [0.2, 0.25) is 0 Å². The zero-order chi connectivity index (χ0) is 12.1. The molecule has 0 bridgehead atoms. The fourth-order valence-electron chi connectivity index (χ4n) is 2.81. The zero-order valence-electron chi connectivity index (χ0n) is 10.9. The fourth-order valence-corrected chi connectivity index (χ4v) is 2.81. The van der Waals surface area contributed by atoms with Crippen LogP contribution in [0.4, 0.5) is 11.4 Å². The van der Waals surface area contributed by atoms with Crippen LogP contribution in [0.25, 0.3) is 0 Å². The molecule has 2 heteroatoms. The van der Waals surface area contributed by atoms with E-state index in [0.717, 1.165) is 18.2 Å². The van der Waals surface area contributed by atoms with Gasteiger partial charge in [-0.1, -0.05) is 44.2 Å². The van der Waals surface area contributed by atoms with Crippen molar-refractivity contribution in [3.8, 4) is 0 Å². The second kappa shape index (κ2) is 5.95. The molecule has 1 saturated carbocycles. The van der Waals surface area contributed by atoms with Crippen LogP contribution in [-0.2, 0) is 0 Å². The number of nitrogens with two attached hydrogens (primary N) is 1. The summed E-state index contributed by atoms with van der Waals surface area (Å²) in [5.74, 6) is 0.941. The van der Waals surface area contributed by atoms with Gasteiger partial charge < -0.3 is 10.6 Å². The van der Waals surface area contributed by atoms with Gasteiger partial charge in [-0.05, 0) is 24.5 Å². The Balaban J connectivity index is 1.84. The van der Waals surface area contributed by atoms with Gasteiger partial charge in [-0.25, -0.2) is 0 Å². The van der Waals surface area contributed by atoms with Crippen LogP contribution in [0.1, 0.15) is 38.5 Å². The monoisotopic (exact) mass is 232 g/mol. The van der Waals surface area contributed by atoms with E-state index in [-0.39, 0.29) is 0 Å². The Labute approximate surface area is 105 Å². The molecule has 94 valence electrons. The first-order chi connectivity index (χ1) is 8.27. The van der Waals surface area contributed by atoms with Crippen LogP contribution in [0.2, 0.25) is 0 Å². The lowest BCUT2D eigenvalue weighted by molar-refractivity contribution is 0.341. The predicted molar refractivity (Wildman–Crippen MR) is 75.3 cm³/mol. The van der Waals surface area contributed by atoms with Crippen LogP contribution in [0, 0.1) is 5.92 Å². The molecule has 2 rings (SSSR count). The Morgan fingerprint density at radius 1 is 1.18 bits per heavy atom. The smallest absolute Gasteiger partial charge is 0.0597 e. The molecule has 1 aromatic carbocycles. The molecule has 2 N–H and O–H groups in total. The van der Waals surface area contributed by atoms with Crippen molar-refractivity contribution in [2.24, 2.45) is 5.92 Å². The molecule has 0 amide bonds. The second-order valence-corrected chi connectivity index (χ2v) is 5.27. The topological polar surface area (TPSA) is 29.3 Å². The Morgan fingerprint density at radius 2 is 1.88 bits per heavy atom. The maximum atomic E-state index is 5.99. The van der Waals surface area contributed by atoms with E-state index >= 15 is 0 Å². The van der Waals surface area contributed by atoms with Gasteiger partial charge in [-0.3, -0.25) is 0 Å². The van der Waals surface area contributed by atoms with E-state index in [1.807, 2.05) is 12.1 Å². The molecule has 2 nitrogen and oxygen atoms in total. The van der Waals surface area contributed by atoms with Gasteiger partial charge in [-0.15, -0.1) is 0 Å². The number of rotatable bonds is 4. The standard InChI is InChI=1S/C15H24N2/c1-17(15-10-6-5-9-14(15)16)12-11-13-7-3-2-4-8-13/h5-6,9-10,13H,2-4,7-8,11-12,16H2,1H3. The number of nitrogens with zero attached hydrogens (tertiary/aromatic N) is 1. The van der Waals surface area contributed by atoms with Crippen molar-refractivity contribution >= 4 is 11.4 Å². The highest BCUT2D eigenvalue weighted by Crippen LogP contribution is 2.28. The molecule has 0 heterocycles. The summed E-state index contributed by atoms with van der Waals surface area (Å²) >= 11 is 0. The zero-order valence-corrected chi connectivity index (χ0v) is 10.9. The molecule has 17 heavy (non-hydrogen) atoms. The summed E-state index contributed by atoms with van der Waals surface area (Å²) in [6.45, 7) is 1.12. The third kappa shape index (κ3) is 3.39. The Hall–Kier alpha value is -1.18. The van der Waals surface area contributed by atoms with Crippen LogP contribution in [0.3, 0.4) is 0 Å². The Bertz CT molecular complexity index is 343. The van der Waals surface area contributed by atoms with Crippen molar-refractivity contribution in [3.05, 3.63) is 24.3 Å². The molecule has 1 aliphatic rings. The van der Waals surface area contributed by atoms with E-state index in [0.29, 0.717) is 0 Å². The van der Waals surface area contributed by atoms with Gasteiger partial charge in [0.15, 0.2) is 0 Å². The summed E-state index contributed by atoms with van der Waals surface area (Å²) in [6.07, 6.45) is 8.47. The van der Waals surface area contributed by atoms with Crippen LogP contribution in [0.5, 0.6) is 0 Å². The summed E-state index contributed by atoms with van der Waals surface area (Å²) in [4.78, 5) is 2.30. The van der Waals surface area contributed by atoms with E-state index in [1.54, 1.807) is 0 Å². The van der Waals surface area contributed by atoms with Gasteiger partial charge in [0.05, 0.1) is 11.4 Å². The minimum Gasteiger partial charge on any atom is -0.397 e. The molecule has 1 aromatic rings. The lowest BCUT2D eigenvalue weighted by Crippen LogP contribution is -2.22. The number of anilines is 2. The largest absolute Gasteiger partial charge is 0.397 e. The third-order valence-electron chi connectivity index (χ3n) is 3.95. The molecule has 0 aliphatic heterocycles. The lowest BCUT2D eigenvalue weighted by atomic mass is 9.87. The van der Waals surface area contributed by atoms with Gasteiger partial charge in [0.25, 0.3) is 0 Å². The van der Waals surface area contributed by atoms with E-state index < -0.39 is 0 Å². The molecular formula is C15H24N2. The maximum absolute atomic E-state index is 5.99. The summed E-state index contributed by atoms with van der Waals surface area (Å²) in [7, 11) is 2.15. The normalized spacial score (nSPS) is 17.0. The number of benzene rings is 1. The summed E-state index contributed by atoms with van der Waals surface area (Å²) in [5, 5.41) is 0. The van der Waals surface area contributed by atoms with Crippen molar-refractivity contribution in [1.29, 1.82) is 0 Å². The minimum absolute atomic E-state index is 0.888. The lowest BCUT2D eigenvalue weighted by Gasteiger charge is -2.26. The SMILES string of the molecule is CN(CCC1CCCCC1)c1ccccc1N. The average Bonchev–Trinajstić information content (AvgIpc) is 2.38. The fraction of sp³-hybridized carbons (Fsp3) is 0.600. The van der Waals surface area contributed by atoms with E-state index in [2.05, 4.69) is 24.1 Å². The van der Waals surface area contributed by atoms with Crippen molar-refractivity contribution in [1.82, 2.24) is 0 Å². The van der Waals surface area contributed by atoms with Crippen LogP contribution in [-0.4, -0.2) is 13.6 Å². The minimum atomic E-state index is 0.888. The number of hydrogen-bond donors (Lipinski definition) is 1. The third-order valence-corrected chi connectivity index (χ3v) is 3.95. The molecule has 0 radical (unpaired) electrons. The Morgan fingerprint density at radius 3 is 2.59 bits per heavy atom. The summed E-state index contributed by atoms with van der Waals surface area (Å²) in [6, 6.07) is 8.14. The van der Waals surface area contributed by atoms with E-state index in [9.17, 15) is 0 Å². The predicted octanol–water partition coefficient (Wildman–Crippen LogP) is 3.68. The van der Waals surface area contributed by atoms with E-state index in [4.69, 9.17) is 5.73 Å². The first-order valence-corrected chi connectivity index (χ1v) is 6.83. The molecule has 0 spiro atoms. The second-order valence-electron chi connectivity index (χ2n) is 5.27. The molecule has 0 atom stereocenters. The summed E-state index contributed by atoms with van der Waals surface area (Å²) < 4.78 is 0. The Kier molecular flexibility index (Phi) is 4.29. The maximum Gasteiger partial charge on any atom is 0.0597 e. The van der Waals surface area contributed by atoms with Crippen LogP contribution >= 0.6 is 0 Å². The first kappa shape index (κ1) is 12.3. The van der Waals surface area contributed by atoms with Crippen molar-refractivity contribution in [3.63, 3.8) is 0 Å². The number of hydrogen-bond acceptors (Lipinski definition) is 2. The van der Waals surface area contributed by atoms with Crippen molar-refractivity contribution in [2.75, 3.05) is 24.2 Å². The molecule has 1 aliphatic carbocycles. The molecule has 1 fully saturated rings. The average molecular weight is 232 g/mol. The summed E-state index contributed by atoms with van der Waals surface area (Å²) in [5.41, 5.74) is 8.05. The molecule has 0 unspecified atom stereocenters. The molecular weight excluding hydrogens is 208 g/mol. The van der Waals surface area contributed by atoms with Crippen molar-refractivity contribution in [2.45, 2.75) is 38.5 Å². The van der Waals surface area contributed by atoms with Gasteiger partial charge in [0, 0.05) is 13.6 Å².